The van der Waals surface area contributed by atoms with E-state index in [1.807, 2.05) is 18.3 Å². The first-order valence-electron chi connectivity index (χ1n) is 8.31. The number of aromatic nitrogens is 1. The number of anilines is 1. The molecular weight excluding hydrogens is 306 g/mol. The number of hydrogen-bond acceptors (Lipinski definition) is 4. The maximum absolute atomic E-state index is 12.3. The van der Waals surface area contributed by atoms with Crippen LogP contribution in [-0.4, -0.2) is 24.0 Å². The number of thiophene rings is 1. The van der Waals surface area contributed by atoms with Crippen molar-refractivity contribution in [2.75, 3.05) is 18.0 Å². The Morgan fingerprint density at radius 1 is 1.30 bits per heavy atom. The van der Waals surface area contributed by atoms with Crippen molar-refractivity contribution in [3.63, 3.8) is 0 Å². The van der Waals surface area contributed by atoms with Crippen molar-refractivity contribution in [1.82, 2.24) is 10.3 Å². The Hall–Kier alpha value is -1.88. The summed E-state index contributed by atoms with van der Waals surface area (Å²) < 4.78 is 0. The molecule has 1 aliphatic carbocycles. The van der Waals surface area contributed by atoms with Gasteiger partial charge in [0.25, 0.3) is 5.91 Å². The Kier molecular flexibility index (Phi) is 4.96. The Balaban J connectivity index is 1.58. The first-order valence-corrected chi connectivity index (χ1v) is 9.12. The second-order valence-corrected chi connectivity index (χ2v) is 6.93. The van der Waals surface area contributed by atoms with Crippen LogP contribution in [-0.2, 0) is 19.4 Å². The highest BCUT2D eigenvalue weighted by Crippen LogP contribution is 2.30. The number of carbonyl (C=O) groups excluding carboxylic acids is 1. The molecule has 0 atom stereocenters. The van der Waals surface area contributed by atoms with Crippen LogP contribution in [0.1, 0.15) is 45.9 Å². The molecule has 0 spiro atoms. The largest absolute Gasteiger partial charge is 0.357 e. The molecule has 0 aliphatic heterocycles. The van der Waals surface area contributed by atoms with Gasteiger partial charge >= 0.3 is 0 Å². The summed E-state index contributed by atoms with van der Waals surface area (Å²) >= 11 is 1.64. The van der Waals surface area contributed by atoms with Crippen LogP contribution in [0.15, 0.2) is 24.4 Å². The summed E-state index contributed by atoms with van der Waals surface area (Å²) in [6.45, 7) is 6.66. The Labute approximate surface area is 141 Å². The molecule has 0 saturated carbocycles. The van der Waals surface area contributed by atoms with Gasteiger partial charge in [0.1, 0.15) is 5.82 Å². The second kappa shape index (κ2) is 7.13. The molecule has 122 valence electrons. The van der Waals surface area contributed by atoms with Gasteiger partial charge in [-0.1, -0.05) is 6.07 Å². The lowest BCUT2D eigenvalue weighted by Gasteiger charge is -2.19. The lowest BCUT2D eigenvalue weighted by Crippen LogP contribution is -2.24. The average molecular weight is 329 g/mol. The highest BCUT2D eigenvalue weighted by atomic mass is 32.1. The number of hydrogen-bond donors (Lipinski definition) is 1. The van der Waals surface area contributed by atoms with Crippen molar-refractivity contribution in [2.24, 2.45) is 0 Å². The van der Waals surface area contributed by atoms with Crippen molar-refractivity contribution >= 4 is 23.1 Å². The van der Waals surface area contributed by atoms with Crippen LogP contribution < -0.4 is 10.2 Å². The fourth-order valence-corrected chi connectivity index (χ4v) is 4.14. The highest BCUT2D eigenvalue weighted by molar-refractivity contribution is 7.14. The minimum Gasteiger partial charge on any atom is -0.357 e. The molecule has 23 heavy (non-hydrogen) atoms. The van der Waals surface area contributed by atoms with Crippen molar-refractivity contribution in [3.05, 3.63) is 45.3 Å². The van der Waals surface area contributed by atoms with Gasteiger partial charge in [-0.2, -0.15) is 0 Å². The molecule has 0 unspecified atom stereocenters. The van der Waals surface area contributed by atoms with E-state index in [1.165, 1.54) is 16.9 Å². The monoisotopic (exact) mass is 329 g/mol. The van der Waals surface area contributed by atoms with Gasteiger partial charge in [-0.05, 0) is 56.4 Å². The van der Waals surface area contributed by atoms with E-state index < -0.39 is 0 Å². The van der Waals surface area contributed by atoms with Crippen molar-refractivity contribution in [2.45, 2.75) is 39.7 Å². The van der Waals surface area contributed by atoms with Gasteiger partial charge in [0.05, 0.1) is 4.88 Å². The fraction of sp³-hybridized carbons (Fsp3) is 0.444. The standard InChI is InChI=1S/C18H23N3OS/c1-3-21(4-2)17-9-8-13(11-19-17)12-20-18(22)16-10-14-6-5-7-15(14)23-16/h8-11H,3-7,12H2,1-2H3,(H,20,22). The summed E-state index contributed by atoms with van der Waals surface area (Å²) in [5.41, 5.74) is 2.39. The Bertz CT molecular complexity index is 653. The van der Waals surface area contributed by atoms with Crippen molar-refractivity contribution in [1.29, 1.82) is 0 Å². The molecule has 0 fully saturated rings. The van der Waals surface area contributed by atoms with Gasteiger partial charge in [0, 0.05) is 30.7 Å². The van der Waals surface area contributed by atoms with E-state index in [9.17, 15) is 4.79 Å². The van der Waals surface area contributed by atoms with Crippen LogP contribution in [0.4, 0.5) is 5.82 Å². The summed E-state index contributed by atoms with van der Waals surface area (Å²) in [6, 6.07) is 6.12. The SMILES string of the molecule is CCN(CC)c1ccc(CNC(=O)c2cc3c(s2)CCC3)cn1. The first kappa shape index (κ1) is 16.0. The molecule has 1 amide bonds. The summed E-state index contributed by atoms with van der Waals surface area (Å²) in [7, 11) is 0. The number of fused-ring (bicyclic) bond motifs is 1. The minimum atomic E-state index is 0.0252. The molecule has 2 heterocycles. The third kappa shape index (κ3) is 3.55. The van der Waals surface area contributed by atoms with Gasteiger partial charge in [-0.15, -0.1) is 11.3 Å². The van der Waals surface area contributed by atoms with Crippen LogP contribution in [0.2, 0.25) is 0 Å². The number of pyridine rings is 1. The zero-order valence-electron chi connectivity index (χ0n) is 13.8. The summed E-state index contributed by atoms with van der Waals surface area (Å²) in [6.07, 6.45) is 5.33. The van der Waals surface area contributed by atoms with Crippen LogP contribution in [0.5, 0.6) is 0 Å². The van der Waals surface area contributed by atoms with Crippen LogP contribution >= 0.6 is 11.3 Å². The Morgan fingerprint density at radius 3 is 2.78 bits per heavy atom. The molecule has 5 heteroatoms. The van der Waals surface area contributed by atoms with Gasteiger partial charge in [-0.25, -0.2) is 4.98 Å². The topological polar surface area (TPSA) is 45.2 Å². The van der Waals surface area contributed by atoms with E-state index in [0.29, 0.717) is 6.54 Å². The zero-order chi connectivity index (χ0) is 16.2. The van der Waals surface area contributed by atoms with Crippen LogP contribution in [0.25, 0.3) is 0 Å². The van der Waals surface area contributed by atoms with E-state index in [4.69, 9.17) is 0 Å². The summed E-state index contributed by atoms with van der Waals surface area (Å²) in [5, 5.41) is 3.00. The normalized spacial score (nSPS) is 13.0. The van der Waals surface area contributed by atoms with E-state index in [-0.39, 0.29) is 5.91 Å². The van der Waals surface area contributed by atoms with Gasteiger partial charge in [0.2, 0.25) is 0 Å². The maximum atomic E-state index is 12.3. The zero-order valence-corrected chi connectivity index (χ0v) is 14.6. The maximum Gasteiger partial charge on any atom is 0.261 e. The number of rotatable bonds is 6. The lowest BCUT2D eigenvalue weighted by molar-refractivity contribution is 0.0955. The molecule has 2 aromatic rings. The number of aryl methyl sites for hydroxylation is 2. The predicted octanol–water partition coefficient (Wildman–Crippen LogP) is 3.41. The van der Waals surface area contributed by atoms with E-state index in [2.05, 4.69) is 35.1 Å². The molecule has 0 radical (unpaired) electrons. The number of nitrogens with zero attached hydrogens (tertiary/aromatic N) is 2. The predicted molar refractivity (Wildman–Crippen MR) is 95.3 cm³/mol. The van der Waals surface area contributed by atoms with Gasteiger partial charge < -0.3 is 10.2 Å². The molecule has 1 N–H and O–H groups in total. The lowest BCUT2D eigenvalue weighted by atomic mass is 10.2. The molecule has 1 aliphatic rings. The highest BCUT2D eigenvalue weighted by Gasteiger charge is 2.18. The third-order valence-corrected chi connectivity index (χ3v) is 5.56. The first-order chi connectivity index (χ1) is 11.2. The van der Waals surface area contributed by atoms with Gasteiger partial charge in [0.15, 0.2) is 0 Å². The van der Waals surface area contributed by atoms with Gasteiger partial charge in [-0.3, -0.25) is 4.79 Å². The minimum absolute atomic E-state index is 0.0252. The number of carbonyl (C=O) groups is 1. The second-order valence-electron chi connectivity index (χ2n) is 5.79. The molecule has 4 nitrogen and oxygen atoms in total. The van der Waals surface area contributed by atoms with Crippen molar-refractivity contribution in [3.8, 4) is 0 Å². The van der Waals surface area contributed by atoms with Crippen LogP contribution in [0.3, 0.4) is 0 Å². The third-order valence-electron chi connectivity index (χ3n) is 4.32. The van der Waals surface area contributed by atoms with Crippen molar-refractivity contribution < 1.29 is 4.79 Å². The molecule has 0 saturated heterocycles. The van der Waals surface area contributed by atoms with Crippen LogP contribution in [0, 0.1) is 0 Å². The number of amides is 1. The molecular formula is C18H23N3OS. The average Bonchev–Trinajstić information content (AvgIpc) is 3.16. The number of nitrogens with one attached hydrogen (secondary N) is 1. The molecule has 2 aromatic heterocycles. The van der Waals surface area contributed by atoms with E-state index >= 15 is 0 Å². The molecule has 0 bridgehead atoms. The smallest absolute Gasteiger partial charge is 0.261 e. The Morgan fingerprint density at radius 2 is 2.13 bits per heavy atom. The molecule has 3 rings (SSSR count). The van der Waals surface area contributed by atoms with E-state index in [0.717, 1.165) is 42.2 Å². The molecule has 0 aromatic carbocycles. The summed E-state index contributed by atoms with van der Waals surface area (Å²) in [4.78, 5) is 21.2. The van der Waals surface area contributed by atoms with E-state index in [1.54, 1.807) is 11.3 Å². The quantitative estimate of drug-likeness (QED) is 0.883. The summed E-state index contributed by atoms with van der Waals surface area (Å²) in [5.74, 6) is 1.01. The fourth-order valence-electron chi connectivity index (χ4n) is 2.97.